The lowest BCUT2D eigenvalue weighted by Crippen LogP contribution is -2.49. The summed E-state index contributed by atoms with van der Waals surface area (Å²) in [5, 5.41) is 29.8. The van der Waals surface area contributed by atoms with Gasteiger partial charge in [-0.1, -0.05) is 20.8 Å². The van der Waals surface area contributed by atoms with Crippen molar-refractivity contribution in [2.75, 3.05) is 6.61 Å². The van der Waals surface area contributed by atoms with Crippen LogP contribution in [0.3, 0.4) is 0 Å². The lowest BCUT2D eigenvalue weighted by molar-refractivity contribution is -0.118. The molecule has 4 heteroatoms. The highest BCUT2D eigenvalue weighted by Gasteiger charge is 2.74. The highest BCUT2D eigenvalue weighted by Crippen LogP contribution is 2.73. The number of carbonyl (C=O) groups excluding carboxylic acids is 1. The molecular weight excluding hydrogens is 244 g/mol. The molecule has 2 fully saturated rings. The largest absolute Gasteiger partial charge is 0.396 e. The molecule has 0 aromatic rings. The van der Waals surface area contributed by atoms with Crippen LogP contribution in [0.4, 0.5) is 0 Å². The van der Waals surface area contributed by atoms with Crippen LogP contribution in [-0.2, 0) is 4.79 Å². The molecule has 7 atom stereocenters. The van der Waals surface area contributed by atoms with Crippen molar-refractivity contribution in [1.82, 2.24) is 0 Å². The molecule has 0 aromatic heterocycles. The fourth-order valence-corrected chi connectivity index (χ4v) is 4.80. The summed E-state index contributed by atoms with van der Waals surface area (Å²) in [4.78, 5) is 12.2. The van der Waals surface area contributed by atoms with Gasteiger partial charge in [0.25, 0.3) is 0 Å². The Kier molecular flexibility index (Phi) is 2.58. The summed E-state index contributed by atoms with van der Waals surface area (Å²) in [5.41, 5.74) is -0.00289. The van der Waals surface area contributed by atoms with Crippen molar-refractivity contribution in [3.63, 3.8) is 0 Å². The van der Waals surface area contributed by atoms with Gasteiger partial charge in [-0.15, -0.1) is 0 Å². The average Bonchev–Trinajstić information content (AvgIpc) is 3.00. The Bertz CT molecular complexity index is 471. The minimum Gasteiger partial charge on any atom is -0.396 e. The molecule has 0 radical (unpaired) electrons. The van der Waals surface area contributed by atoms with Crippen LogP contribution < -0.4 is 0 Å². The van der Waals surface area contributed by atoms with E-state index in [1.165, 1.54) is 6.08 Å². The van der Waals surface area contributed by atoms with E-state index >= 15 is 0 Å². The highest BCUT2D eigenvalue weighted by molar-refractivity contribution is 5.98. The molecule has 3 rings (SSSR count). The Labute approximate surface area is 113 Å². The van der Waals surface area contributed by atoms with Gasteiger partial charge in [0.2, 0.25) is 0 Å². The van der Waals surface area contributed by atoms with E-state index in [1.807, 2.05) is 6.92 Å². The molecule has 0 heterocycles. The SMILES string of the molecule is CC1CC(O)C(O)C2=CC(=O)C3C(C3(C)CO)C21C. The van der Waals surface area contributed by atoms with Gasteiger partial charge >= 0.3 is 0 Å². The van der Waals surface area contributed by atoms with Crippen molar-refractivity contribution in [2.45, 2.75) is 39.4 Å². The molecule has 7 unspecified atom stereocenters. The van der Waals surface area contributed by atoms with Crippen molar-refractivity contribution < 1.29 is 20.1 Å². The molecule has 0 bridgehead atoms. The molecule has 2 saturated carbocycles. The normalized spacial score (nSPS) is 56.2. The van der Waals surface area contributed by atoms with Crippen LogP contribution in [0.1, 0.15) is 27.2 Å². The van der Waals surface area contributed by atoms with Crippen LogP contribution in [0, 0.1) is 28.6 Å². The maximum Gasteiger partial charge on any atom is 0.159 e. The smallest absolute Gasteiger partial charge is 0.159 e. The molecule has 4 nitrogen and oxygen atoms in total. The number of fused-ring (bicyclic) bond motifs is 3. The van der Waals surface area contributed by atoms with Crippen molar-refractivity contribution in [3.8, 4) is 0 Å². The van der Waals surface area contributed by atoms with Gasteiger partial charge in [0.1, 0.15) is 6.10 Å². The third-order valence-electron chi connectivity index (χ3n) is 6.16. The number of carbonyl (C=O) groups is 1. The predicted octanol–water partition coefficient (Wildman–Crippen LogP) is 0.508. The first-order chi connectivity index (χ1) is 8.78. The first-order valence-corrected chi connectivity index (χ1v) is 7.01. The van der Waals surface area contributed by atoms with Crippen LogP contribution in [-0.4, -0.2) is 39.9 Å². The molecule has 0 spiro atoms. The van der Waals surface area contributed by atoms with E-state index in [1.54, 1.807) is 0 Å². The number of rotatable bonds is 1. The second-order valence-corrected chi connectivity index (χ2v) is 7.05. The zero-order chi connectivity index (χ0) is 14.2. The van der Waals surface area contributed by atoms with Gasteiger partial charge < -0.3 is 15.3 Å². The van der Waals surface area contributed by atoms with E-state index in [0.717, 1.165) is 0 Å². The minimum atomic E-state index is -0.949. The molecule has 0 amide bonds. The summed E-state index contributed by atoms with van der Waals surface area (Å²) in [6.45, 7) is 6.08. The standard InChI is InChI=1S/C15H22O4/c1-7-4-10(18)12(19)8-5-9(17)11-13(15(7,8)3)14(11,2)6-16/h5,7,10-13,16,18-19H,4,6H2,1-3H3. The van der Waals surface area contributed by atoms with Gasteiger partial charge in [0.05, 0.1) is 6.10 Å². The molecule has 0 aliphatic heterocycles. The van der Waals surface area contributed by atoms with Gasteiger partial charge in [-0.25, -0.2) is 0 Å². The minimum absolute atomic E-state index is 0.00382. The Balaban J connectivity index is 2.10. The van der Waals surface area contributed by atoms with Gasteiger partial charge in [0.15, 0.2) is 5.78 Å². The molecule has 3 N–H and O–H groups in total. The first kappa shape index (κ1) is 13.3. The molecule has 3 aliphatic rings. The van der Waals surface area contributed by atoms with Crippen LogP contribution >= 0.6 is 0 Å². The predicted molar refractivity (Wildman–Crippen MR) is 69.2 cm³/mol. The third-order valence-corrected chi connectivity index (χ3v) is 6.16. The van der Waals surface area contributed by atoms with Crippen LogP contribution in [0.2, 0.25) is 0 Å². The zero-order valence-corrected chi connectivity index (χ0v) is 11.6. The van der Waals surface area contributed by atoms with Crippen molar-refractivity contribution in [1.29, 1.82) is 0 Å². The van der Waals surface area contributed by atoms with Gasteiger partial charge in [0, 0.05) is 17.9 Å². The molecule has 0 aromatic carbocycles. The number of ketones is 1. The number of hydrogen-bond acceptors (Lipinski definition) is 4. The van der Waals surface area contributed by atoms with Crippen LogP contribution in [0.15, 0.2) is 11.6 Å². The fraction of sp³-hybridized carbons (Fsp3) is 0.800. The zero-order valence-electron chi connectivity index (χ0n) is 11.6. The Morgan fingerprint density at radius 1 is 1.37 bits per heavy atom. The number of hydrogen-bond donors (Lipinski definition) is 3. The topological polar surface area (TPSA) is 77.8 Å². The van der Waals surface area contributed by atoms with E-state index in [2.05, 4.69) is 13.8 Å². The fourth-order valence-electron chi connectivity index (χ4n) is 4.80. The van der Waals surface area contributed by atoms with Gasteiger partial charge in [-0.3, -0.25) is 4.79 Å². The van der Waals surface area contributed by atoms with Crippen LogP contribution in [0.25, 0.3) is 0 Å². The average molecular weight is 266 g/mol. The van der Waals surface area contributed by atoms with E-state index in [0.29, 0.717) is 12.0 Å². The highest BCUT2D eigenvalue weighted by atomic mass is 16.3. The van der Waals surface area contributed by atoms with E-state index in [-0.39, 0.29) is 41.0 Å². The maximum atomic E-state index is 12.2. The summed E-state index contributed by atoms with van der Waals surface area (Å²) in [6, 6.07) is 0. The Hall–Kier alpha value is -0.710. The van der Waals surface area contributed by atoms with Crippen LogP contribution in [0.5, 0.6) is 0 Å². The van der Waals surface area contributed by atoms with E-state index in [9.17, 15) is 20.1 Å². The summed E-state index contributed by atoms with van der Waals surface area (Å²) in [6.07, 6.45) is 0.326. The summed E-state index contributed by atoms with van der Waals surface area (Å²) < 4.78 is 0. The third kappa shape index (κ3) is 1.37. The van der Waals surface area contributed by atoms with Crippen molar-refractivity contribution in [3.05, 3.63) is 11.6 Å². The number of allylic oxidation sites excluding steroid dienone is 1. The summed E-state index contributed by atoms with van der Waals surface area (Å²) >= 11 is 0. The summed E-state index contributed by atoms with van der Waals surface area (Å²) in [7, 11) is 0. The number of aliphatic hydroxyl groups is 3. The number of aliphatic hydroxyl groups excluding tert-OH is 3. The molecule has 19 heavy (non-hydrogen) atoms. The first-order valence-electron chi connectivity index (χ1n) is 7.01. The maximum absolute atomic E-state index is 12.2. The molecule has 106 valence electrons. The molecule has 0 saturated heterocycles. The molecule has 3 aliphatic carbocycles. The van der Waals surface area contributed by atoms with E-state index in [4.69, 9.17) is 0 Å². The lowest BCUT2D eigenvalue weighted by atomic mass is 9.57. The lowest BCUT2D eigenvalue weighted by Gasteiger charge is -2.48. The second-order valence-electron chi connectivity index (χ2n) is 7.05. The van der Waals surface area contributed by atoms with Gasteiger partial charge in [-0.05, 0) is 35.3 Å². The summed E-state index contributed by atoms with van der Waals surface area (Å²) in [5.74, 6) is 0.131. The Morgan fingerprint density at radius 2 is 2.00 bits per heavy atom. The quantitative estimate of drug-likeness (QED) is 0.646. The monoisotopic (exact) mass is 266 g/mol. The Morgan fingerprint density at radius 3 is 2.58 bits per heavy atom. The molecular formula is C15H22O4. The van der Waals surface area contributed by atoms with Gasteiger partial charge in [-0.2, -0.15) is 0 Å². The second kappa shape index (κ2) is 3.68. The van der Waals surface area contributed by atoms with Crippen molar-refractivity contribution >= 4 is 5.78 Å². The van der Waals surface area contributed by atoms with E-state index < -0.39 is 12.2 Å². The van der Waals surface area contributed by atoms with Crippen molar-refractivity contribution in [2.24, 2.45) is 28.6 Å².